The molecule has 0 unspecified atom stereocenters. The standard InChI is InChI=1S/C12H27N3O/c1-4-15(9-11(14)16)8-6-5-7-12(2,3)10-13/h4-10,13H2,1-3H3,(H2,14,16). The molecular weight excluding hydrogens is 202 g/mol. The topological polar surface area (TPSA) is 72.3 Å². The first kappa shape index (κ1) is 15.4. The molecule has 0 bridgehead atoms. The van der Waals surface area contributed by atoms with Gasteiger partial charge in [-0.2, -0.15) is 0 Å². The van der Waals surface area contributed by atoms with E-state index in [-0.39, 0.29) is 11.3 Å². The van der Waals surface area contributed by atoms with E-state index in [1.165, 1.54) is 0 Å². The number of nitrogens with two attached hydrogens (primary N) is 2. The second-order valence-corrected chi connectivity index (χ2v) is 5.16. The van der Waals surface area contributed by atoms with E-state index in [1.807, 2.05) is 6.92 Å². The van der Waals surface area contributed by atoms with Gasteiger partial charge in [-0.15, -0.1) is 0 Å². The molecular formula is C12H27N3O. The van der Waals surface area contributed by atoms with Gasteiger partial charge in [0.05, 0.1) is 6.54 Å². The van der Waals surface area contributed by atoms with Crippen molar-refractivity contribution in [1.82, 2.24) is 4.90 Å². The van der Waals surface area contributed by atoms with E-state index in [1.54, 1.807) is 0 Å². The van der Waals surface area contributed by atoms with E-state index in [2.05, 4.69) is 18.7 Å². The van der Waals surface area contributed by atoms with E-state index >= 15 is 0 Å². The highest BCUT2D eigenvalue weighted by atomic mass is 16.1. The molecule has 0 fully saturated rings. The minimum Gasteiger partial charge on any atom is -0.369 e. The van der Waals surface area contributed by atoms with Gasteiger partial charge in [-0.3, -0.25) is 9.69 Å². The summed E-state index contributed by atoms with van der Waals surface area (Å²) in [7, 11) is 0. The Bertz CT molecular complexity index is 204. The van der Waals surface area contributed by atoms with Gasteiger partial charge in [-0.05, 0) is 37.9 Å². The molecule has 0 rings (SSSR count). The predicted molar refractivity (Wildman–Crippen MR) is 68.0 cm³/mol. The summed E-state index contributed by atoms with van der Waals surface area (Å²) in [6.07, 6.45) is 3.39. The number of rotatable bonds is 9. The van der Waals surface area contributed by atoms with Crippen LogP contribution in [0.1, 0.15) is 40.0 Å². The molecule has 0 spiro atoms. The summed E-state index contributed by atoms with van der Waals surface area (Å²) < 4.78 is 0. The maximum Gasteiger partial charge on any atom is 0.231 e. The molecule has 1 amide bonds. The number of carbonyl (C=O) groups is 1. The Morgan fingerprint density at radius 1 is 1.31 bits per heavy atom. The van der Waals surface area contributed by atoms with Gasteiger partial charge in [0.25, 0.3) is 0 Å². The molecule has 4 heteroatoms. The minimum absolute atomic E-state index is 0.237. The van der Waals surface area contributed by atoms with E-state index < -0.39 is 0 Å². The first-order chi connectivity index (χ1) is 7.41. The van der Waals surface area contributed by atoms with Crippen LogP contribution in [0.5, 0.6) is 0 Å². The van der Waals surface area contributed by atoms with Crippen LogP contribution in [-0.2, 0) is 4.79 Å². The molecule has 0 aliphatic heterocycles. The van der Waals surface area contributed by atoms with Crippen LogP contribution in [-0.4, -0.2) is 37.0 Å². The number of primary amides is 1. The smallest absolute Gasteiger partial charge is 0.231 e. The van der Waals surface area contributed by atoms with E-state index in [0.29, 0.717) is 6.54 Å². The molecule has 0 radical (unpaired) electrons. The zero-order chi connectivity index (χ0) is 12.6. The Labute approximate surface area is 99.4 Å². The number of likely N-dealkylation sites (N-methyl/N-ethyl adjacent to an activating group) is 1. The van der Waals surface area contributed by atoms with Crippen LogP contribution < -0.4 is 11.5 Å². The Morgan fingerprint density at radius 2 is 1.94 bits per heavy atom. The number of unbranched alkanes of at least 4 members (excludes halogenated alkanes) is 1. The summed E-state index contributed by atoms with van der Waals surface area (Å²) in [4.78, 5) is 12.9. The van der Waals surface area contributed by atoms with Crippen molar-refractivity contribution >= 4 is 5.91 Å². The number of hydrogen-bond donors (Lipinski definition) is 2. The second-order valence-electron chi connectivity index (χ2n) is 5.16. The average molecular weight is 229 g/mol. The number of hydrogen-bond acceptors (Lipinski definition) is 3. The summed E-state index contributed by atoms with van der Waals surface area (Å²) in [6.45, 7) is 9.35. The highest BCUT2D eigenvalue weighted by Crippen LogP contribution is 2.21. The molecule has 16 heavy (non-hydrogen) atoms. The summed E-state index contributed by atoms with van der Waals surface area (Å²) in [5.41, 5.74) is 11.1. The van der Waals surface area contributed by atoms with Crippen molar-refractivity contribution in [2.24, 2.45) is 16.9 Å². The quantitative estimate of drug-likeness (QED) is 0.578. The van der Waals surface area contributed by atoms with Gasteiger partial charge in [0.15, 0.2) is 0 Å². The normalized spacial score (nSPS) is 12.1. The maximum atomic E-state index is 10.8. The van der Waals surface area contributed by atoms with Crippen molar-refractivity contribution in [1.29, 1.82) is 0 Å². The molecule has 0 aromatic heterocycles. The van der Waals surface area contributed by atoms with Gasteiger partial charge < -0.3 is 11.5 Å². The molecule has 4 nitrogen and oxygen atoms in total. The van der Waals surface area contributed by atoms with Gasteiger partial charge in [0.1, 0.15) is 0 Å². The zero-order valence-electron chi connectivity index (χ0n) is 11.0. The van der Waals surface area contributed by atoms with Crippen molar-refractivity contribution in [3.05, 3.63) is 0 Å². The highest BCUT2D eigenvalue weighted by molar-refractivity contribution is 5.75. The molecule has 0 aromatic rings. The third-order valence-electron chi connectivity index (χ3n) is 2.96. The van der Waals surface area contributed by atoms with Gasteiger partial charge >= 0.3 is 0 Å². The van der Waals surface area contributed by atoms with Crippen molar-refractivity contribution in [2.45, 2.75) is 40.0 Å². The summed E-state index contributed by atoms with van der Waals surface area (Å²) in [5, 5.41) is 0. The largest absolute Gasteiger partial charge is 0.369 e. The Balaban J connectivity index is 3.67. The lowest BCUT2D eigenvalue weighted by Gasteiger charge is -2.23. The van der Waals surface area contributed by atoms with Crippen molar-refractivity contribution in [3.8, 4) is 0 Å². The van der Waals surface area contributed by atoms with E-state index in [4.69, 9.17) is 11.5 Å². The third kappa shape index (κ3) is 7.65. The number of amides is 1. The van der Waals surface area contributed by atoms with Crippen LogP contribution >= 0.6 is 0 Å². The molecule has 0 aliphatic rings. The summed E-state index contributed by atoms with van der Waals surface area (Å²) in [5.74, 6) is -0.246. The van der Waals surface area contributed by atoms with Crippen molar-refractivity contribution in [3.63, 3.8) is 0 Å². The Hall–Kier alpha value is -0.610. The summed E-state index contributed by atoms with van der Waals surface area (Å²) in [6, 6.07) is 0. The Morgan fingerprint density at radius 3 is 2.38 bits per heavy atom. The lowest BCUT2D eigenvalue weighted by molar-refractivity contribution is -0.119. The van der Waals surface area contributed by atoms with Gasteiger partial charge in [0.2, 0.25) is 5.91 Å². The molecule has 0 saturated heterocycles. The highest BCUT2D eigenvalue weighted by Gasteiger charge is 2.14. The van der Waals surface area contributed by atoms with Gasteiger partial charge in [-0.1, -0.05) is 27.2 Å². The predicted octanol–water partition coefficient (Wildman–Crippen LogP) is 0.949. The van der Waals surface area contributed by atoms with Crippen molar-refractivity contribution < 1.29 is 4.79 Å². The monoisotopic (exact) mass is 229 g/mol. The van der Waals surface area contributed by atoms with Crippen molar-refractivity contribution in [2.75, 3.05) is 26.2 Å². The average Bonchev–Trinajstić information content (AvgIpc) is 2.22. The molecule has 0 aromatic carbocycles. The maximum absolute atomic E-state index is 10.8. The molecule has 0 aliphatic carbocycles. The molecule has 0 heterocycles. The lowest BCUT2D eigenvalue weighted by Crippen LogP contribution is -2.34. The number of nitrogens with zero attached hydrogens (tertiary/aromatic N) is 1. The van der Waals surface area contributed by atoms with Crippen LogP contribution in [0, 0.1) is 5.41 Å². The van der Waals surface area contributed by atoms with Crippen LogP contribution in [0.2, 0.25) is 0 Å². The third-order valence-corrected chi connectivity index (χ3v) is 2.96. The van der Waals surface area contributed by atoms with Crippen LogP contribution in [0.25, 0.3) is 0 Å². The molecule has 0 saturated carbocycles. The summed E-state index contributed by atoms with van der Waals surface area (Å²) >= 11 is 0. The first-order valence-electron chi connectivity index (χ1n) is 6.12. The van der Waals surface area contributed by atoms with Gasteiger partial charge in [0, 0.05) is 0 Å². The van der Waals surface area contributed by atoms with Gasteiger partial charge in [-0.25, -0.2) is 0 Å². The van der Waals surface area contributed by atoms with Crippen LogP contribution in [0.3, 0.4) is 0 Å². The fourth-order valence-electron chi connectivity index (χ4n) is 1.61. The SMILES string of the molecule is CCN(CCCCC(C)(C)CN)CC(N)=O. The minimum atomic E-state index is -0.246. The molecule has 4 N–H and O–H groups in total. The van der Waals surface area contributed by atoms with Crippen LogP contribution in [0.15, 0.2) is 0 Å². The molecule has 96 valence electrons. The second kappa shape index (κ2) is 7.63. The fourth-order valence-corrected chi connectivity index (χ4v) is 1.61. The Kier molecular flexibility index (Phi) is 7.34. The lowest BCUT2D eigenvalue weighted by atomic mass is 9.87. The van der Waals surface area contributed by atoms with E-state index in [9.17, 15) is 4.79 Å². The molecule has 0 atom stereocenters. The van der Waals surface area contributed by atoms with E-state index in [0.717, 1.165) is 38.9 Å². The van der Waals surface area contributed by atoms with Crippen LogP contribution in [0.4, 0.5) is 0 Å². The first-order valence-corrected chi connectivity index (χ1v) is 6.12. The fraction of sp³-hybridized carbons (Fsp3) is 0.917. The zero-order valence-corrected chi connectivity index (χ0v) is 11.0. The number of carbonyl (C=O) groups excluding carboxylic acids is 1.